The van der Waals surface area contributed by atoms with Gasteiger partial charge in [-0.2, -0.15) is 0 Å². The lowest BCUT2D eigenvalue weighted by atomic mass is 9.86. The van der Waals surface area contributed by atoms with Gasteiger partial charge in [-0.15, -0.1) is 0 Å². The number of carbonyl (C=O) groups excluding carboxylic acids is 1. The molecule has 1 fully saturated rings. The van der Waals surface area contributed by atoms with E-state index in [1.165, 1.54) is 0 Å². The Bertz CT molecular complexity index is 515. The molecule has 1 aromatic carbocycles. The zero-order valence-electron chi connectivity index (χ0n) is 12.6. The monoisotopic (exact) mass is 354 g/mol. The highest BCUT2D eigenvalue weighted by Crippen LogP contribution is 2.31. The summed E-state index contributed by atoms with van der Waals surface area (Å²) in [5.74, 6) is -0.0674. The van der Waals surface area contributed by atoms with E-state index in [2.05, 4.69) is 35.1 Å². The van der Waals surface area contributed by atoms with Gasteiger partial charge in [-0.3, -0.25) is 4.79 Å². The highest BCUT2D eigenvalue weighted by atomic mass is 79.9. The van der Waals surface area contributed by atoms with E-state index in [4.69, 9.17) is 10.5 Å². The number of nitrogens with two attached hydrogens (primary N) is 1. The lowest BCUT2D eigenvalue weighted by molar-refractivity contribution is -0.0917. The van der Waals surface area contributed by atoms with Crippen LogP contribution in [0.3, 0.4) is 0 Å². The predicted octanol–water partition coefficient (Wildman–Crippen LogP) is 3.50. The third-order valence-corrected chi connectivity index (χ3v) is 5.10. The summed E-state index contributed by atoms with van der Waals surface area (Å²) < 4.78 is 6.75. The smallest absolute Gasteiger partial charge is 0.251 e. The molecule has 5 heteroatoms. The van der Waals surface area contributed by atoms with E-state index in [0.717, 1.165) is 30.2 Å². The maximum Gasteiger partial charge on any atom is 0.251 e. The number of carbonyl (C=O) groups is 1. The number of hydrogen-bond acceptors (Lipinski definition) is 3. The molecule has 1 amide bonds. The van der Waals surface area contributed by atoms with Crippen molar-refractivity contribution in [3.8, 4) is 0 Å². The molecular weight excluding hydrogens is 332 g/mol. The van der Waals surface area contributed by atoms with E-state index >= 15 is 0 Å². The minimum Gasteiger partial charge on any atom is -0.398 e. The number of hydrogen-bond donors (Lipinski definition) is 2. The first-order valence-corrected chi connectivity index (χ1v) is 8.29. The van der Waals surface area contributed by atoms with Crippen LogP contribution in [0.1, 0.15) is 49.9 Å². The second-order valence-corrected chi connectivity index (χ2v) is 6.49. The van der Waals surface area contributed by atoms with E-state index in [1.807, 2.05) is 0 Å². The summed E-state index contributed by atoms with van der Waals surface area (Å²) in [5.41, 5.74) is 6.92. The fraction of sp³-hybridized carbons (Fsp3) is 0.562. The van der Waals surface area contributed by atoms with Crippen LogP contribution in [-0.2, 0) is 4.74 Å². The van der Waals surface area contributed by atoms with Gasteiger partial charge in [-0.1, -0.05) is 13.8 Å². The van der Waals surface area contributed by atoms with E-state index in [9.17, 15) is 4.79 Å². The Labute approximate surface area is 134 Å². The standard InChI is InChI=1S/C16H23BrN2O2/c1-3-16(4-2)10-12(7-8-21-16)19-15(20)11-5-6-13(17)14(18)9-11/h5-6,9,12H,3-4,7-8,10,18H2,1-2H3,(H,19,20). The third-order valence-electron chi connectivity index (χ3n) is 4.38. The van der Waals surface area contributed by atoms with Crippen molar-refractivity contribution in [3.05, 3.63) is 28.2 Å². The second-order valence-electron chi connectivity index (χ2n) is 5.64. The number of anilines is 1. The van der Waals surface area contributed by atoms with Crippen LogP contribution in [0, 0.1) is 0 Å². The molecule has 21 heavy (non-hydrogen) atoms. The first-order valence-electron chi connectivity index (χ1n) is 7.49. The normalized spacial score (nSPS) is 21.0. The highest BCUT2D eigenvalue weighted by molar-refractivity contribution is 9.10. The van der Waals surface area contributed by atoms with Crippen molar-refractivity contribution >= 4 is 27.5 Å². The first kappa shape index (κ1) is 16.3. The quantitative estimate of drug-likeness (QED) is 0.813. The summed E-state index contributed by atoms with van der Waals surface area (Å²) in [7, 11) is 0. The molecule has 0 saturated carbocycles. The van der Waals surface area contributed by atoms with Crippen LogP contribution in [0.2, 0.25) is 0 Å². The number of rotatable bonds is 4. The molecule has 0 radical (unpaired) electrons. The fourth-order valence-electron chi connectivity index (χ4n) is 2.85. The Kier molecular flexibility index (Phi) is 5.27. The molecule has 2 rings (SSSR count). The number of benzene rings is 1. The summed E-state index contributed by atoms with van der Waals surface area (Å²) in [6, 6.07) is 5.44. The van der Waals surface area contributed by atoms with Gasteiger partial charge in [0.05, 0.1) is 5.60 Å². The molecule has 1 saturated heterocycles. The van der Waals surface area contributed by atoms with Gasteiger partial charge in [0.2, 0.25) is 0 Å². The Morgan fingerprint density at radius 3 is 2.81 bits per heavy atom. The number of nitrogen functional groups attached to an aromatic ring is 1. The van der Waals surface area contributed by atoms with E-state index in [-0.39, 0.29) is 17.6 Å². The minimum atomic E-state index is -0.0884. The largest absolute Gasteiger partial charge is 0.398 e. The molecule has 0 aromatic heterocycles. The molecule has 116 valence electrons. The van der Waals surface area contributed by atoms with Crippen LogP contribution in [0.15, 0.2) is 22.7 Å². The Hall–Kier alpha value is -1.07. The molecule has 3 N–H and O–H groups in total. The Morgan fingerprint density at radius 2 is 2.19 bits per heavy atom. The van der Waals surface area contributed by atoms with Crippen molar-refractivity contribution in [2.45, 2.75) is 51.2 Å². The van der Waals surface area contributed by atoms with Crippen LogP contribution in [0.5, 0.6) is 0 Å². The number of amides is 1. The first-order chi connectivity index (χ1) is 9.99. The molecule has 4 nitrogen and oxygen atoms in total. The zero-order valence-corrected chi connectivity index (χ0v) is 14.2. The summed E-state index contributed by atoms with van der Waals surface area (Å²) in [4.78, 5) is 12.3. The predicted molar refractivity (Wildman–Crippen MR) is 88.3 cm³/mol. The highest BCUT2D eigenvalue weighted by Gasteiger charge is 2.35. The fourth-order valence-corrected chi connectivity index (χ4v) is 3.09. The van der Waals surface area contributed by atoms with Crippen LogP contribution in [0.25, 0.3) is 0 Å². The van der Waals surface area contributed by atoms with Gasteiger partial charge in [0.15, 0.2) is 0 Å². The SMILES string of the molecule is CCC1(CC)CC(NC(=O)c2ccc(Br)c(N)c2)CCO1. The van der Waals surface area contributed by atoms with Crippen molar-refractivity contribution in [3.63, 3.8) is 0 Å². The topological polar surface area (TPSA) is 64.4 Å². The van der Waals surface area contributed by atoms with Crippen molar-refractivity contribution in [2.24, 2.45) is 0 Å². The summed E-state index contributed by atoms with van der Waals surface area (Å²) in [6.07, 6.45) is 3.68. The van der Waals surface area contributed by atoms with Gasteiger partial charge >= 0.3 is 0 Å². The van der Waals surface area contributed by atoms with Crippen molar-refractivity contribution in [2.75, 3.05) is 12.3 Å². The Balaban J connectivity index is 2.03. The van der Waals surface area contributed by atoms with Crippen LogP contribution < -0.4 is 11.1 Å². The maximum absolute atomic E-state index is 12.3. The molecular formula is C16H23BrN2O2. The van der Waals surface area contributed by atoms with Crippen LogP contribution >= 0.6 is 15.9 Å². The lowest BCUT2D eigenvalue weighted by Crippen LogP contribution is -2.48. The van der Waals surface area contributed by atoms with Gasteiger partial charge in [0.25, 0.3) is 5.91 Å². The van der Waals surface area contributed by atoms with Crippen molar-refractivity contribution in [1.29, 1.82) is 0 Å². The lowest BCUT2D eigenvalue weighted by Gasteiger charge is -2.40. The van der Waals surface area contributed by atoms with Crippen molar-refractivity contribution in [1.82, 2.24) is 5.32 Å². The van der Waals surface area contributed by atoms with Crippen LogP contribution in [-0.4, -0.2) is 24.2 Å². The summed E-state index contributed by atoms with van der Waals surface area (Å²) in [5, 5.41) is 3.12. The molecule has 1 aliphatic heterocycles. The molecule has 1 aromatic rings. The van der Waals surface area contributed by atoms with E-state index in [0.29, 0.717) is 17.9 Å². The Morgan fingerprint density at radius 1 is 1.48 bits per heavy atom. The molecule has 0 bridgehead atoms. The minimum absolute atomic E-state index is 0.0674. The van der Waals surface area contributed by atoms with Gasteiger partial charge in [0.1, 0.15) is 0 Å². The van der Waals surface area contributed by atoms with Gasteiger partial charge < -0.3 is 15.8 Å². The summed E-state index contributed by atoms with van der Waals surface area (Å²) >= 11 is 3.34. The molecule has 0 spiro atoms. The maximum atomic E-state index is 12.3. The number of ether oxygens (including phenoxy) is 1. The number of nitrogens with one attached hydrogen (secondary N) is 1. The summed E-state index contributed by atoms with van der Waals surface area (Å²) in [6.45, 7) is 4.99. The van der Waals surface area contributed by atoms with Gasteiger partial charge in [0, 0.05) is 28.4 Å². The van der Waals surface area contributed by atoms with E-state index < -0.39 is 0 Å². The second kappa shape index (κ2) is 6.79. The third kappa shape index (κ3) is 3.77. The molecule has 0 aliphatic carbocycles. The van der Waals surface area contributed by atoms with Crippen molar-refractivity contribution < 1.29 is 9.53 Å². The molecule has 1 aliphatic rings. The average Bonchev–Trinajstić information content (AvgIpc) is 2.50. The van der Waals surface area contributed by atoms with Crippen LogP contribution in [0.4, 0.5) is 5.69 Å². The van der Waals surface area contributed by atoms with Gasteiger partial charge in [-0.25, -0.2) is 0 Å². The average molecular weight is 355 g/mol. The number of halogens is 1. The molecule has 1 atom stereocenters. The van der Waals surface area contributed by atoms with E-state index in [1.54, 1.807) is 18.2 Å². The molecule has 1 heterocycles. The van der Waals surface area contributed by atoms with Gasteiger partial charge in [-0.05, 0) is 59.8 Å². The zero-order chi connectivity index (χ0) is 15.5. The molecule has 1 unspecified atom stereocenters.